The van der Waals surface area contributed by atoms with Gasteiger partial charge in [-0.1, -0.05) is 23.4 Å². The van der Waals surface area contributed by atoms with Crippen LogP contribution in [0.1, 0.15) is 41.9 Å². The van der Waals surface area contributed by atoms with E-state index in [-0.39, 0.29) is 17.9 Å². The van der Waals surface area contributed by atoms with E-state index in [2.05, 4.69) is 10.5 Å². The predicted molar refractivity (Wildman–Crippen MR) is 99.5 cm³/mol. The van der Waals surface area contributed by atoms with Crippen molar-refractivity contribution in [3.8, 4) is 5.75 Å². The summed E-state index contributed by atoms with van der Waals surface area (Å²) in [7, 11) is 0. The van der Waals surface area contributed by atoms with Gasteiger partial charge in [0.1, 0.15) is 11.5 Å². The SMILES string of the molecule is Cc1cc(C(=O)N2CCC(NC(=O)CCCOc3ccccc3)CC2)no1. The van der Waals surface area contributed by atoms with Gasteiger partial charge >= 0.3 is 0 Å². The van der Waals surface area contributed by atoms with E-state index >= 15 is 0 Å². The number of hydrogen-bond donors (Lipinski definition) is 1. The van der Waals surface area contributed by atoms with E-state index in [0.717, 1.165) is 18.6 Å². The molecule has 0 unspecified atom stereocenters. The Balaban J connectivity index is 1.32. The fourth-order valence-electron chi connectivity index (χ4n) is 3.10. The first-order valence-electron chi connectivity index (χ1n) is 9.31. The van der Waals surface area contributed by atoms with Crippen molar-refractivity contribution in [3.63, 3.8) is 0 Å². The van der Waals surface area contributed by atoms with Gasteiger partial charge in [-0.05, 0) is 38.3 Å². The predicted octanol–water partition coefficient (Wildman–Crippen LogP) is 2.56. The summed E-state index contributed by atoms with van der Waals surface area (Å²) in [4.78, 5) is 26.2. The Kier molecular flexibility index (Phi) is 6.46. The number of aromatic nitrogens is 1. The third-order valence-electron chi connectivity index (χ3n) is 4.55. The highest BCUT2D eigenvalue weighted by Crippen LogP contribution is 2.15. The van der Waals surface area contributed by atoms with Crippen molar-refractivity contribution in [2.24, 2.45) is 0 Å². The molecule has 1 saturated heterocycles. The first kappa shape index (κ1) is 18.9. The fourth-order valence-corrected chi connectivity index (χ4v) is 3.10. The third kappa shape index (κ3) is 5.57. The van der Waals surface area contributed by atoms with Crippen molar-refractivity contribution in [2.75, 3.05) is 19.7 Å². The van der Waals surface area contributed by atoms with Gasteiger partial charge in [0, 0.05) is 31.6 Å². The molecule has 0 spiro atoms. The van der Waals surface area contributed by atoms with Gasteiger partial charge in [-0.15, -0.1) is 0 Å². The van der Waals surface area contributed by atoms with Crippen LogP contribution in [0.25, 0.3) is 0 Å². The van der Waals surface area contributed by atoms with Gasteiger partial charge in [0.15, 0.2) is 5.69 Å². The molecule has 1 fully saturated rings. The Morgan fingerprint density at radius 3 is 2.67 bits per heavy atom. The van der Waals surface area contributed by atoms with Crippen LogP contribution in [0.3, 0.4) is 0 Å². The van der Waals surface area contributed by atoms with E-state index in [1.54, 1.807) is 17.9 Å². The molecule has 1 aromatic heterocycles. The number of para-hydroxylation sites is 1. The largest absolute Gasteiger partial charge is 0.494 e. The van der Waals surface area contributed by atoms with Crippen LogP contribution < -0.4 is 10.1 Å². The third-order valence-corrected chi connectivity index (χ3v) is 4.55. The number of nitrogens with zero attached hydrogens (tertiary/aromatic N) is 2. The average Bonchev–Trinajstić information content (AvgIpc) is 3.12. The number of hydrogen-bond acceptors (Lipinski definition) is 5. The molecule has 144 valence electrons. The smallest absolute Gasteiger partial charge is 0.276 e. The number of benzene rings is 1. The number of carbonyl (C=O) groups excluding carboxylic acids is 2. The van der Waals surface area contributed by atoms with E-state index in [9.17, 15) is 9.59 Å². The second-order valence-electron chi connectivity index (χ2n) is 6.72. The van der Waals surface area contributed by atoms with Gasteiger partial charge in [0.2, 0.25) is 5.91 Å². The maximum atomic E-state index is 12.3. The molecule has 1 aromatic carbocycles. The molecule has 2 heterocycles. The lowest BCUT2D eigenvalue weighted by Gasteiger charge is -2.31. The lowest BCUT2D eigenvalue weighted by Crippen LogP contribution is -2.46. The number of likely N-dealkylation sites (tertiary alicyclic amines) is 1. The maximum absolute atomic E-state index is 12.3. The monoisotopic (exact) mass is 371 g/mol. The van der Waals surface area contributed by atoms with Crippen LogP contribution in [-0.2, 0) is 4.79 Å². The summed E-state index contributed by atoms with van der Waals surface area (Å²) < 4.78 is 10.6. The molecule has 2 amide bonds. The molecular weight excluding hydrogens is 346 g/mol. The number of piperidine rings is 1. The summed E-state index contributed by atoms with van der Waals surface area (Å²) in [5, 5.41) is 6.83. The Morgan fingerprint density at radius 1 is 1.26 bits per heavy atom. The molecule has 2 aromatic rings. The minimum Gasteiger partial charge on any atom is -0.494 e. The molecule has 0 saturated carbocycles. The van der Waals surface area contributed by atoms with E-state index in [1.165, 1.54) is 0 Å². The first-order chi connectivity index (χ1) is 13.1. The zero-order chi connectivity index (χ0) is 19.1. The van der Waals surface area contributed by atoms with Gasteiger partial charge in [0.05, 0.1) is 6.61 Å². The molecule has 27 heavy (non-hydrogen) atoms. The van der Waals surface area contributed by atoms with E-state index < -0.39 is 0 Å². The number of aryl methyl sites for hydroxylation is 1. The zero-order valence-electron chi connectivity index (χ0n) is 15.5. The van der Waals surface area contributed by atoms with Crippen LogP contribution in [0, 0.1) is 6.92 Å². The quantitative estimate of drug-likeness (QED) is 0.756. The van der Waals surface area contributed by atoms with Gasteiger partial charge in [-0.2, -0.15) is 0 Å². The minimum absolute atomic E-state index is 0.0311. The van der Waals surface area contributed by atoms with Crippen molar-refractivity contribution < 1.29 is 18.8 Å². The molecule has 1 aliphatic rings. The Labute approximate surface area is 158 Å². The normalized spacial score (nSPS) is 14.8. The molecule has 3 rings (SSSR count). The van der Waals surface area contributed by atoms with Crippen molar-refractivity contribution >= 4 is 11.8 Å². The van der Waals surface area contributed by atoms with Crippen LogP contribution in [0.2, 0.25) is 0 Å². The van der Waals surface area contributed by atoms with E-state index in [0.29, 0.717) is 44.0 Å². The van der Waals surface area contributed by atoms with Gasteiger partial charge < -0.3 is 19.5 Å². The Morgan fingerprint density at radius 2 is 2.00 bits per heavy atom. The van der Waals surface area contributed by atoms with E-state index in [4.69, 9.17) is 9.26 Å². The Bertz CT molecular complexity index is 752. The van der Waals surface area contributed by atoms with Crippen LogP contribution in [0.15, 0.2) is 40.9 Å². The van der Waals surface area contributed by atoms with Crippen LogP contribution >= 0.6 is 0 Å². The maximum Gasteiger partial charge on any atom is 0.276 e. The highest BCUT2D eigenvalue weighted by molar-refractivity contribution is 5.92. The molecule has 7 heteroatoms. The molecule has 7 nitrogen and oxygen atoms in total. The van der Waals surface area contributed by atoms with Crippen molar-refractivity contribution in [1.29, 1.82) is 0 Å². The fraction of sp³-hybridized carbons (Fsp3) is 0.450. The summed E-state index contributed by atoms with van der Waals surface area (Å²) >= 11 is 0. The van der Waals surface area contributed by atoms with Crippen LogP contribution in [0.5, 0.6) is 5.75 Å². The van der Waals surface area contributed by atoms with Gasteiger partial charge in [-0.3, -0.25) is 9.59 Å². The molecule has 1 N–H and O–H groups in total. The number of carbonyl (C=O) groups is 2. The second kappa shape index (κ2) is 9.21. The van der Waals surface area contributed by atoms with Crippen LogP contribution in [-0.4, -0.2) is 47.6 Å². The highest BCUT2D eigenvalue weighted by atomic mass is 16.5. The van der Waals surface area contributed by atoms with Gasteiger partial charge in [0.25, 0.3) is 5.91 Å². The number of nitrogens with one attached hydrogen (secondary N) is 1. The number of amides is 2. The average molecular weight is 371 g/mol. The number of rotatable bonds is 7. The number of ether oxygens (including phenoxy) is 1. The minimum atomic E-state index is -0.116. The summed E-state index contributed by atoms with van der Waals surface area (Å²) in [6, 6.07) is 11.3. The standard InChI is InChI=1S/C20H25N3O4/c1-15-14-18(22-27-15)20(25)23-11-9-16(10-12-23)21-19(24)8-5-13-26-17-6-3-2-4-7-17/h2-4,6-7,14,16H,5,8-13H2,1H3,(H,21,24). The molecule has 0 atom stereocenters. The molecule has 0 bridgehead atoms. The van der Waals surface area contributed by atoms with Crippen LogP contribution in [0.4, 0.5) is 0 Å². The van der Waals surface area contributed by atoms with Crippen molar-refractivity contribution in [1.82, 2.24) is 15.4 Å². The lowest BCUT2D eigenvalue weighted by atomic mass is 10.0. The highest BCUT2D eigenvalue weighted by Gasteiger charge is 2.26. The topological polar surface area (TPSA) is 84.7 Å². The van der Waals surface area contributed by atoms with Crippen molar-refractivity contribution in [2.45, 2.75) is 38.6 Å². The second-order valence-corrected chi connectivity index (χ2v) is 6.72. The Hall–Kier alpha value is -2.83. The summed E-state index contributed by atoms with van der Waals surface area (Å²) in [6.07, 6.45) is 2.59. The van der Waals surface area contributed by atoms with Gasteiger partial charge in [-0.25, -0.2) is 0 Å². The molecule has 0 radical (unpaired) electrons. The molecule has 1 aliphatic heterocycles. The van der Waals surface area contributed by atoms with Crippen molar-refractivity contribution in [3.05, 3.63) is 47.9 Å². The molecular formula is C20H25N3O4. The summed E-state index contributed by atoms with van der Waals surface area (Å²) in [6.45, 7) is 3.48. The zero-order valence-corrected chi connectivity index (χ0v) is 15.5. The van der Waals surface area contributed by atoms with E-state index in [1.807, 2.05) is 30.3 Å². The molecule has 0 aliphatic carbocycles. The summed E-state index contributed by atoms with van der Waals surface area (Å²) in [5.74, 6) is 1.35. The lowest BCUT2D eigenvalue weighted by molar-refractivity contribution is -0.122. The first-order valence-corrected chi connectivity index (χ1v) is 9.31. The summed E-state index contributed by atoms with van der Waals surface area (Å²) in [5.41, 5.74) is 0.341.